The number of carbonyl (C=O) groups is 1. The Labute approximate surface area is 196 Å². The molecule has 7 heteroatoms. The zero-order valence-electron chi connectivity index (χ0n) is 18.7. The zero-order valence-corrected chi connectivity index (χ0v) is 19.5. The molecule has 0 aliphatic heterocycles. The molecule has 164 valence electrons. The number of benzene rings is 3. The van der Waals surface area contributed by atoms with Gasteiger partial charge in [0.25, 0.3) is 5.91 Å². The van der Waals surface area contributed by atoms with Crippen LogP contribution in [0.1, 0.15) is 16.2 Å². The highest BCUT2D eigenvalue weighted by Crippen LogP contribution is 2.33. The van der Waals surface area contributed by atoms with E-state index in [4.69, 9.17) is 4.98 Å². The molecule has 0 atom stereocenters. The van der Waals surface area contributed by atoms with Crippen LogP contribution in [0.3, 0.4) is 0 Å². The number of amides is 1. The van der Waals surface area contributed by atoms with Gasteiger partial charge in [0.1, 0.15) is 16.5 Å². The number of imidazole rings is 1. The molecule has 0 fully saturated rings. The first-order chi connectivity index (χ1) is 16.0. The van der Waals surface area contributed by atoms with Crippen LogP contribution in [0.5, 0.6) is 0 Å². The Morgan fingerprint density at radius 2 is 1.61 bits per heavy atom. The van der Waals surface area contributed by atoms with E-state index in [2.05, 4.69) is 33.0 Å². The lowest BCUT2D eigenvalue weighted by Crippen LogP contribution is -2.21. The monoisotopic (exact) mass is 453 g/mol. The first-order valence-corrected chi connectivity index (χ1v) is 11.6. The van der Waals surface area contributed by atoms with Crippen LogP contribution < -0.4 is 0 Å². The van der Waals surface area contributed by atoms with E-state index in [1.807, 2.05) is 61.6 Å². The van der Waals surface area contributed by atoms with Gasteiger partial charge in [-0.25, -0.2) is 4.98 Å². The molecule has 33 heavy (non-hydrogen) atoms. The van der Waals surface area contributed by atoms with Crippen molar-refractivity contribution in [1.29, 1.82) is 0 Å². The fraction of sp³-hybridized carbons (Fsp3) is 0.154. The maximum absolute atomic E-state index is 12.2. The van der Waals surface area contributed by atoms with Crippen molar-refractivity contribution in [2.75, 3.05) is 14.1 Å². The van der Waals surface area contributed by atoms with Crippen LogP contribution >= 0.6 is 11.8 Å². The van der Waals surface area contributed by atoms with Gasteiger partial charge in [-0.3, -0.25) is 4.79 Å². The standard InChI is InChI=1S/C26H23N5OS/c1-30(2)26(32)18-14-12-17(13-15-18)24-19-8-4-5-9-20(19)25(29-28-24)33-16-23-27-21-10-6-7-11-22(21)31(23)3/h4-15H,16H2,1-3H3. The second-order valence-corrected chi connectivity index (χ2v) is 9.00. The molecule has 0 aliphatic carbocycles. The Morgan fingerprint density at radius 1 is 0.909 bits per heavy atom. The number of fused-ring (bicyclic) bond motifs is 2. The summed E-state index contributed by atoms with van der Waals surface area (Å²) in [4.78, 5) is 18.5. The summed E-state index contributed by atoms with van der Waals surface area (Å²) >= 11 is 1.64. The molecule has 0 bridgehead atoms. The van der Waals surface area contributed by atoms with Gasteiger partial charge in [0.15, 0.2) is 0 Å². The molecule has 0 radical (unpaired) electrons. The van der Waals surface area contributed by atoms with Crippen molar-refractivity contribution < 1.29 is 4.79 Å². The van der Waals surface area contributed by atoms with Crippen molar-refractivity contribution in [3.05, 3.63) is 84.2 Å². The average molecular weight is 454 g/mol. The van der Waals surface area contributed by atoms with Crippen molar-refractivity contribution in [1.82, 2.24) is 24.6 Å². The highest BCUT2D eigenvalue weighted by Gasteiger charge is 2.14. The lowest BCUT2D eigenvalue weighted by Gasteiger charge is -2.12. The summed E-state index contributed by atoms with van der Waals surface area (Å²) < 4.78 is 2.13. The third kappa shape index (κ3) is 3.96. The predicted molar refractivity (Wildman–Crippen MR) is 133 cm³/mol. The van der Waals surface area contributed by atoms with Crippen LogP contribution in [0, 0.1) is 0 Å². The maximum atomic E-state index is 12.2. The maximum Gasteiger partial charge on any atom is 0.253 e. The van der Waals surface area contributed by atoms with Crippen LogP contribution in [0.2, 0.25) is 0 Å². The van der Waals surface area contributed by atoms with Gasteiger partial charge in [-0.05, 0) is 24.3 Å². The molecule has 5 aromatic rings. The van der Waals surface area contributed by atoms with Crippen molar-refractivity contribution in [3.8, 4) is 11.3 Å². The summed E-state index contributed by atoms with van der Waals surface area (Å²) in [6.45, 7) is 0. The van der Waals surface area contributed by atoms with E-state index in [1.54, 1.807) is 30.8 Å². The van der Waals surface area contributed by atoms with Crippen LogP contribution in [0.15, 0.2) is 77.8 Å². The van der Waals surface area contributed by atoms with Crippen molar-refractivity contribution in [2.45, 2.75) is 10.8 Å². The third-order valence-electron chi connectivity index (χ3n) is 5.68. The summed E-state index contributed by atoms with van der Waals surface area (Å²) in [6, 6.07) is 23.9. The number of rotatable bonds is 5. The minimum absolute atomic E-state index is 0.0221. The van der Waals surface area contributed by atoms with Gasteiger partial charge in [-0.15, -0.1) is 10.2 Å². The lowest BCUT2D eigenvalue weighted by molar-refractivity contribution is 0.0827. The molecule has 0 unspecified atom stereocenters. The Hall–Kier alpha value is -3.71. The molecular formula is C26H23N5OS. The number of aryl methyl sites for hydroxylation is 1. The van der Waals surface area contributed by atoms with E-state index < -0.39 is 0 Å². The first kappa shape index (κ1) is 21.2. The van der Waals surface area contributed by atoms with Gasteiger partial charge >= 0.3 is 0 Å². The van der Waals surface area contributed by atoms with E-state index >= 15 is 0 Å². The van der Waals surface area contributed by atoms with E-state index in [9.17, 15) is 4.79 Å². The molecular weight excluding hydrogens is 430 g/mol. The highest BCUT2D eigenvalue weighted by atomic mass is 32.2. The summed E-state index contributed by atoms with van der Waals surface area (Å²) in [5, 5.41) is 12.1. The predicted octanol–water partition coefficient (Wildman–Crippen LogP) is 5.18. The van der Waals surface area contributed by atoms with E-state index in [1.165, 1.54) is 0 Å². The van der Waals surface area contributed by atoms with Crippen molar-refractivity contribution in [3.63, 3.8) is 0 Å². The number of nitrogens with zero attached hydrogens (tertiary/aromatic N) is 5. The third-order valence-corrected chi connectivity index (χ3v) is 6.66. The fourth-order valence-electron chi connectivity index (χ4n) is 3.89. The Kier molecular flexibility index (Phi) is 5.56. The number of para-hydroxylation sites is 2. The normalized spacial score (nSPS) is 11.2. The lowest BCUT2D eigenvalue weighted by atomic mass is 10.0. The first-order valence-electron chi connectivity index (χ1n) is 10.6. The second-order valence-electron chi connectivity index (χ2n) is 8.04. The minimum Gasteiger partial charge on any atom is -0.345 e. The molecule has 2 aromatic heterocycles. The van der Waals surface area contributed by atoms with Crippen molar-refractivity contribution in [2.24, 2.45) is 7.05 Å². The molecule has 6 nitrogen and oxygen atoms in total. The minimum atomic E-state index is -0.0221. The topological polar surface area (TPSA) is 63.9 Å². The Balaban J connectivity index is 1.47. The number of hydrogen-bond acceptors (Lipinski definition) is 5. The number of thioether (sulfide) groups is 1. The second kappa shape index (κ2) is 8.67. The summed E-state index contributed by atoms with van der Waals surface area (Å²) in [6.07, 6.45) is 0. The molecule has 5 rings (SSSR count). The van der Waals surface area contributed by atoms with Crippen LogP contribution in [-0.4, -0.2) is 44.7 Å². The molecule has 0 saturated carbocycles. The van der Waals surface area contributed by atoms with Gasteiger partial charge in [-0.2, -0.15) is 0 Å². The molecule has 0 aliphatic rings. The SMILES string of the molecule is CN(C)C(=O)c1ccc(-c2nnc(SCc3nc4ccccc4n3C)c3ccccc23)cc1. The molecule has 1 amide bonds. The highest BCUT2D eigenvalue weighted by molar-refractivity contribution is 7.98. The largest absolute Gasteiger partial charge is 0.345 e. The fourth-order valence-corrected chi connectivity index (χ4v) is 4.84. The smallest absolute Gasteiger partial charge is 0.253 e. The van der Waals surface area contributed by atoms with Gasteiger partial charge in [0.05, 0.1) is 16.8 Å². The molecule has 0 spiro atoms. The summed E-state index contributed by atoms with van der Waals surface area (Å²) in [5.41, 5.74) is 4.51. The number of hydrogen-bond donors (Lipinski definition) is 0. The molecule has 3 aromatic carbocycles. The van der Waals surface area contributed by atoms with Crippen LogP contribution in [0.4, 0.5) is 0 Å². The van der Waals surface area contributed by atoms with Gasteiger partial charge in [0, 0.05) is 43.0 Å². The number of carbonyl (C=O) groups excluding carboxylic acids is 1. The van der Waals surface area contributed by atoms with Gasteiger partial charge in [-0.1, -0.05) is 60.3 Å². The quantitative estimate of drug-likeness (QED) is 0.343. The molecule has 2 heterocycles. The molecule has 0 N–H and O–H groups in total. The Morgan fingerprint density at radius 3 is 2.33 bits per heavy atom. The number of aromatic nitrogens is 4. The van der Waals surface area contributed by atoms with E-state index in [-0.39, 0.29) is 5.91 Å². The van der Waals surface area contributed by atoms with Crippen LogP contribution in [0.25, 0.3) is 33.1 Å². The van der Waals surface area contributed by atoms with E-state index in [0.717, 1.165) is 43.9 Å². The summed E-state index contributed by atoms with van der Waals surface area (Å²) in [5.74, 6) is 1.67. The van der Waals surface area contributed by atoms with Gasteiger partial charge in [0.2, 0.25) is 0 Å². The van der Waals surface area contributed by atoms with Crippen LogP contribution in [-0.2, 0) is 12.8 Å². The van der Waals surface area contributed by atoms with Gasteiger partial charge < -0.3 is 9.47 Å². The zero-order chi connectivity index (χ0) is 22.9. The molecule has 0 saturated heterocycles. The Bertz CT molecular complexity index is 1470. The average Bonchev–Trinajstić information content (AvgIpc) is 3.17. The van der Waals surface area contributed by atoms with Crippen molar-refractivity contribution >= 4 is 39.5 Å². The van der Waals surface area contributed by atoms with E-state index in [0.29, 0.717) is 11.3 Å². The summed E-state index contributed by atoms with van der Waals surface area (Å²) in [7, 11) is 5.54.